The van der Waals surface area contributed by atoms with E-state index >= 15 is 0 Å². The van der Waals surface area contributed by atoms with Crippen LogP contribution < -0.4 is 15.4 Å². The number of aromatic nitrogens is 1. The van der Waals surface area contributed by atoms with Gasteiger partial charge in [0, 0.05) is 11.6 Å². The Morgan fingerprint density at radius 2 is 2.12 bits per heavy atom. The summed E-state index contributed by atoms with van der Waals surface area (Å²) in [6, 6.07) is 5.70. The molecule has 0 aliphatic carbocycles. The number of hydrogen-bond acceptors (Lipinski definition) is 6. The van der Waals surface area contributed by atoms with Gasteiger partial charge in [-0.1, -0.05) is 12.1 Å². The molecule has 0 saturated carbocycles. The standard InChI is InChI=1S/C16H16N4O4S/c1-24-11-4-2-10(3-5-11)9-20-14(22)12(18-16(20)23)8-13(21)19-15-17-6-7-25-15/h2-7,12H,8-9H2,1H3,(H,18,23)(H,17,19,21)/t12-/m1/s1. The Labute approximate surface area is 147 Å². The molecule has 130 valence electrons. The molecule has 0 radical (unpaired) electrons. The van der Waals surface area contributed by atoms with E-state index < -0.39 is 18.0 Å². The summed E-state index contributed by atoms with van der Waals surface area (Å²) in [5.41, 5.74) is 0.789. The molecule has 8 nitrogen and oxygen atoms in total. The van der Waals surface area contributed by atoms with Gasteiger partial charge in [0.2, 0.25) is 5.91 Å². The number of carbonyl (C=O) groups is 3. The Kier molecular flexibility index (Phi) is 4.94. The van der Waals surface area contributed by atoms with Gasteiger partial charge in [-0.3, -0.25) is 14.5 Å². The molecule has 2 N–H and O–H groups in total. The van der Waals surface area contributed by atoms with E-state index in [1.54, 1.807) is 43.0 Å². The molecule has 2 aromatic rings. The van der Waals surface area contributed by atoms with Crippen molar-refractivity contribution in [2.24, 2.45) is 0 Å². The molecule has 3 rings (SSSR count). The molecule has 4 amide bonds. The largest absolute Gasteiger partial charge is 0.497 e. The van der Waals surface area contributed by atoms with E-state index in [0.29, 0.717) is 10.9 Å². The highest BCUT2D eigenvalue weighted by molar-refractivity contribution is 7.13. The van der Waals surface area contributed by atoms with Crippen LogP contribution in [0.3, 0.4) is 0 Å². The minimum Gasteiger partial charge on any atom is -0.497 e. The second-order valence-electron chi connectivity index (χ2n) is 5.36. The SMILES string of the molecule is COc1ccc(CN2C(=O)N[C@H](CC(=O)Nc3nccs3)C2=O)cc1. The quantitative estimate of drug-likeness (QED) is 0.762. The maximum Gasteiger partial charge on any atom is 0.325 e. The van der Waals surface area contributed by atoms with Crippen molar-refractivity contribution in [1.82, 2.24) is 15.2 Å². The molecule has 1 aromatic heterocycles. The summed E-state index contributed by atoms with van der Waals surface area (Å²) in [5, 5.41) is 7.32. The van der Waals surface area contributed by atoms with Crippen molar-refractivity contribution in [3.63, 3.8) is 0 Å². The zero-order chi connectivity index (χ0) is 17.8. The average Bonchev–Trinajstić information content (AvgIpc) is 3.19. The van der Waals surface area contributed by atoms with E-state index in [0.717, 1.165) is 10.5 Å². The third-order valence-corrected chi connectivity index (χ3v) is 4.36. The van der Waals surface area contributed by atoms with E-state index in [2.05, 4.69) is 15.6 Å². The molecular weight excluding hydrogens is 344 g/mol. The lowest BCUT2D eigenvalue weighted by Crippen LogP contribution is -2.34. The second kappa shape index (κ2) is 7.31. The summed E-state index contributed by atoms with van der Waals surface area (Å²) in [6.45, 7) is 0.138. The molecule has 1 atom stereocenters. The van der Waals surface area contributed by atoms with Crippen molar-refractivity contribution < 1.29 is 19.1 Å². The number of benzene rings is 1. The van der Waals surface area contributed by atoms with Gasteiger partial charge in [-0.25, -0.2) is 9.78 Å². The van der Waals surface area contributed by atoms with Crippen LogP contribution in [0.2, 0.25) is 0 Å². The van der Waals surface area contributed by atoms with Crippen LogP contribution in [0.5, 0.6) is 5.75 Å². The van der Waals surface area contributed by atoms with E-state index in [-0.39, 0.29) is 18.9 Å². The number of carbonyl (C=O) groups excluding carboxylic acids is 3. The van der Waals surface area contributed by atoms with Gasteiger partial charge >= 0.3 is 6.03 Å². The molecule has 2 heterocycles. The van der Waals surface area contributed by atoms with Gasteiger partial charge in [-0.2, -0.15) is 0 Å². The van der Waals surface area contributed by atoms with E-state index in [4.69, 9.17) is 4.74 Å². The van der Waals surface area contributed by atoms with Crippen molar-refractivity contribution >= 4 is 34.3 Å². The fourth-order valence-electron chi connectivity index (χ4n) is 2.42. The van der Waals surface area contributed by atoms with Crippen molar-refractivity contribution in [3.05, 3.63) is 41.4 Å². The lowest BCUT2D eigenvalue weighted by molar-refractivity contribution is -0.130. The molecule has 0 spiro atoms. The van der Waals surface area contributed by atoms with Crippen molar-refractivity contribution in [2.75, 3.05) is 12.4 Å². The Morgan fingerprint density at radius 1 is 1.36 bits per heavy atom. The topological polar surface area (TPSA) is 101 Å². The number of nitrogens with zero attached hydrogens (tertiary/aromatic N) is 2. The number of amides is 4. The first-order valence-corrected chi connectivity index (χ1v) is 8.39. The molecule has 1 aliphatic heterocycles. The number of anilines is 1. The van der Waals surface area contributed by atoms with E-state index in [9.17, 15) is 14.4 Å². The van der Waals surface area contributed by atoms with Crippen LogP contribution in [0.4, 0.5) is 9.93 Å². The van der Waals surface area contributed by atoms with Crippen LogP contribution in [0, 0.1) is 0 Å². The summed E-state index contributed by atoms with van der Waals surface area (Å²) in [4.78, 5) is 41.5. The minimum atomic E-state index is -0.870. The molecule has 1 saturated heterocycles. The third-order valence-electron chi connectivity index (χ3n) is 3.67. The number of hydrogen-bond donors (Lipinski definition) is 2. The fraction of sp³-hybridized carbons (Fsp3) is 0.250. The molecule has 1 fully saturated rings. The molecule has 25 heavy (non-hydrogen) atoms. The first kappa shape index (κ1) is 16.9. The molecule has 1 aliphatic rings. The van der Waals surface area contributed by atoms with Gasteiger partial charge in [0.15, 0.2) is 5.13 Å². The van der Waals surface area contributed by atoms with Gasteiger partial charge in [-0.15, -0.1) is 11.3 Å². The Hall–Kier alpha value is -2.94. The molecule has 9 heteroatoms. The van der Waals surface area contributed by atoms with Crippen LogP contribution in [-0.2, 0) is 16.1 Å². The predicted octanol–water partition coefficient (Wildman–Crippen LogP) is 1.60. The third kappa shape index (κ3) is 3.94. The molecule has 0 bridgehead atoms. The van der Waals surface area contributed by atoms with Gasteiger partial charge in [-0.05, 0) is 17.7 Å². The van der Waals surface area contributed by atoms with Crippen LogP contribution in [0.15, 0.2) is 35.8 Å². The highest BCUT2D eigenvalue weighted by Gasteiger charge is 2.39. The molecular formula is C16H16N4O4S. The Bertz CT molecular complexity index is 776. The van der Waals surface area contributed by atoms with Gasteiger partial charge in [0.25, 0.3) is 5.91 Å². The zero-order valence-electron chi connectivity index (χ0n) is 13.4. The summed E-state index contributed by atoms with van der Waals surface area (Å²) < 4.78 is 5.08. The predicted molar refractivity (Wildman–Crippen MR) is 91.2 cm³/mol. The number of nitrogens with one attached hydrogen (secondary N) is 2. The van der Waals surface area contributed by atoms with Crippen LogP contribution >= 0.6 is 11.3 Å². The van der Waals surface area contributed by atoms with Crippen molar-refractivity contribution in [2.45, 2.75) is 19.0 Å². The van der Waals surface area contributed by atoms with Crippen molar-refractivity contribution in [3.8, 4) is 5.75 Å². The monoisotopic (exact) mass is 360 g/mol. The summed E-state index contributed by atoms with van der Waals surface area (Å²) in [6.07, 6.45) is 1.43. The molecule has 1 aromatic carbocycles. The van der Waals surface area contributed by atoms with Gasteiger partial charge in [0.05, 0.1) is 20.1 Å². The summed E-state index contributed by atoms with van der Waals surface area (Å²) in [5.74, 6) is -0.104. The van der Waals surface area contributed by atoms with E-state index in [1.807, 2.05) is 0 Å². The first-order chi connectivity index (χ1) is 12.1. The van der Waals surface area contributed by atoms with Crippen LogP contribution in [-0.4, -0.2) is 40.9 Å². The van der Waals surface area contributed by atoms with Crippen molar-refractivity contribution in [1.29, 1.82) is 0 Å². The zero-order valence-corrected chi connectivity index (χ0v) is 14.2. The number of urea groups is 1. The highest BCUT2D eigenvalue weighted by Crippen LogP contribution is 2.18. The van der Waals surface area contributed by atoms with Crippen LogP contribution in [0.1, 0.15) is 12.0 Å². The first-order valence-electron chi connectivity index (χ1n) is 7.51. The lowest BCUT2D eigenvalue weighted by Gasteiger charge is -2.13. The maximum absolute atomic E-state index is 12.4. The molecule has 0 unspecified atom stereocenters. The highest BCUT2D eigenvalue weighted by atomic mass is 32.1. The second-order valence-corrected chi connectivity index (χ2v) is 6.26. The number of rotatable bonds is 6. The number of imide groups is 1. The lowest BCUT2D eigenvalue weighted by atomic mass is 10.1. The van der Waals surface area contributed by atoms with Crippen LogP contribution in [0.25, 0.3) is 0 Å². The van der Waals surface area contributed by atoms with Gasteiger partial charge in [0.1, 0.15) is 11.8 Å². The smallest absolute Gasteiger partial charge is 0.325 e. The number of methoxy groups -OCH3 is 1. The Morgan fingerprint density at radius 3 is 2.76 bits per heavy atom. The minimum absolute atomic E-state index is 0.136. The number of thiazole rings is 1. The fourth-order valence-corrected chi connectivity index (χ4v) is 2.96. The maximum atomic E-state index is 12.4. The Balaban J connectivity index is 1.60. The average molecular weight is 360 g/mol. The van der Waals surface area contributed by atoms with E-state index in [1.165, 1.54) is 11.3 Å². The summed E-state index contributed by atoms with van der Waals surface area (Å²) in [7, 11) is 1.56. The normalized spacial score (nSPS) is 16.7. The number of ether oxygens (including phenoxy) is 1. The van der Waals surface area contributed by atoms with Gasteiger partial charge < -0.3 is 15.4 Å². The summed E-state index contributed by atoms with van der Waals surface area (Å²) >= 11 is 1.28.